The van der Waals surface area contributed by atoms with Gasteiger partial charge in [-0.2, -0.15) is 0 Å². The molecule has 196 valence electrons. The van der Waals surface area contributed by atoms with Crippen LogP contribution < -0.4 is 10.1 Å². The topological polar surface area (TPSA) is 58.6 Å². The van der Waals surface area contributed by atoms with E-state index in [2.05, 4.69) is 5.32 Å². The zero-order valence-corrected chi connectivity index (χ0v) is 22.7. The van der Waals surface area contributed by atoms with Crippen LogP contribution in [0.1, 0.15) is 49.8 Å². The second kappa shape index (κ2) is 14.4. The maximum Gasteiger partial charge on any atom is 0.243 e. The van der Waals surface area contributed by atoms with Crippen molar-refractivity contribution in [3.8, 4) is 5.75 Å². The van der Waals surface area contributed by atoms with Crippen LogP contribution in [0, 0.1) is 6.92 Å². The Morgan fingerprint density at radius 1 is 0.973 bits per heavy atom. The van der Waals surface area contributed by atoms with Gasteiger partial charge in [0.15, 0.2) is 0 Å². The van der Waals surface area contributed by atoms with Crippen molar-refractivity contribution in [1.82, 2.24) is 10.2 Å². The Bertz CT molecular complexity index is 1130. The van der Waals surface area contributed by atoms with E-state index in [-0.39, 0.29) is 30.8 Å². The Kier molecular flexibility index (Phi) is 11.0. The van der Waals surface area contributed by atoms with E-state index in [0.717, 1.165) is 28.9 Å². The second-order valence-corrected chi connectivity index (χ2v) is 9.81. The van der Waals surface area contributed by atoms with E-state index in [1.165, 1.54) is 0 Å². The number of carbonyl (C=O) groups is 2. The lowest BCUT2D eigenvalue weighted by Crippen LogP contribution is -2.52. The van der Waals surface area contributed by atoms with Crippen molar-refractivity contribution in [3.63, 3.8) is 0 Å². The molecule has 6 heteroatoms. The molecule has 0 aliphatic carbocycles. The first-order chi connectivity index (χ1) is 17.9. The van der Waals surface area contributed by atoms with Crippen LogP contribution in [0.2, 0.25) is 5.02 Å². The first-order valence-electron chi connectivity index (χ1n) is 12.9. The highest BCUT2D eigenvalue weighted by Gasteiger charge is 2.31. The number of rotatable bonds is 13. The van der Waals surface area contributed by atoms with Gasteiger partial charge in [-0.3, -0.25) is 9.59 Å². The number of halogens is 1. The summed E-state index contributed by atoms with van der Waals surface area (Å²) in [5.74, 6) is 0.517. The van der Waals surface area contributed by atoms with E-state index >= 15 is 0 Å². The molecule has 2 atom stereocenters. The van der Waals surface area contributed by atoms with Crippen molar-refractivity contribution in [2.75, 3.05) is 6.61 Å². The average molecular weight is 521 g/mol. The zero-order chi connectivity index (χ0) is 26.6. The van der Waals surface area contributed by atoms with Crippen molar-refractivity contribution in [3.05, 3.63) is 101 Å². The molecule has 3 rings (SSSR count). The predicted octanol–water partition coefficient (Wildman–Crippen LogP) is 6.36. The van der Waals surface area contributed by atoms with Gasteiger partial charge in [-0.15, -0.1) is 0 Å². The van der Waals surface area contributed by atoms with E-state index in [9.17, 15) is 9.59 Å². The minimum Gasteiger partial charge on any atom is -0.494 e. The van der Waals surface area contributed by atoms with Gasteiger partial charge in [0.25, 0.3) is 0 Å². The number of carbonyl (C=O) groups excluding carboxylic acids is 2. The predicted molar refractivity (Wildman–Crippen MR) is 150 cm³/mol. The van der Waals surface area contributed by atoms with Crippen LogP contribution in [0.15, 0.2) is 78.9 Å². The molecule has 2 unspecified atom stereocenters. The van der Waals surface area contributed by atoms with Crippen LogP contribution in [0.5, 0.6) is 5.75 Å². The molecule has 3 aromatic rings. The van der Waals surface area contributed by atoms with Gasteiger partial charge in [-0.25, -0.2) is 0 Å². The first kappa shape index (κ1) is 28.3. The number of hydrogen-bond donors (Lipinski definition) is 1. The van der Waals surface area contributed by atoms with Crippen LogP contribution in [0.4, 0.5) is 0 Å². The minimum atomic E-state index is -0.668. The highest BCUT2D eigenvalue weighted by atomic mass is 35.5. The number of benzene rings is 3. The van der Waals surface area contributed by atoms with Crippen molar-refractivity contribution in [1.29, 1.82) is 0 Å². The Morgan fingerprint density at radius 3 is 2.32 bits per heavy atom. The normalized spacial score (nSPS) is 12.4. The van der Waals surface area contributed by atoms with Crippen LogP contribution in [0.3, 0.4) is 0 Å². The summed E-state index contributed by atoms with van der Waals surface area (Å²) < 4.78 is 5.83. The number of aryl methyl sites for hydroxylation is 1. The molecule has 0 heterocycles. The lowest BCUT2D eigenvalue weighted by molar-refractivity contribution is -0.141. The molecular formula is C31H37ClN2O3. The standard InChI is InChI=1S/C31H37ClN2O3/c1-4-24(3)33-31(36)29(21-25-11-6-5-7-12-25)34(22-26-13-8-9-14-28(26)32)30(35)15-10-20-37-27-18-16-23(2)17-19-27/h5-9,11-14,16-19,24,29H,4,10,15,20-22H2,1-3H3,(H,33,36). The fourth-order valence-electron chi connectivity index (χ4n) is 4.00. The highest BCUT2D eigenvalue weighted by molar-refractivity contribution is 6.31. The Morgan fingerprint density at radius 2 is 1.65 bits per heavy atom. The molecule has 3 aromatic carbocycles. The molecule has 0 aliphatic heterocycles. The maximum absolute atomic E-state index is 13.7. The molecule has 5 nitrogen and oxygen atoms in total. The summed E-state index contributed by atoms with van der Waals surface area (Å²) in [4.78, 5) is 28.8. The van der Waals surface area contributed by atoms with Gasteiger partial charge < -0.3 is 15.0 Å². The number of nitrogens with one attached hydrogen (secondary N) is 1. The third kappa shape index (κ3) is 8.94. The van der Waals surface area contributed by atoms with Crippen molar-refractivity contribution >= 4 is 23.4 Å². The molecule has 0 radical (unpaired) electrons. The Labute approximate surface area is 225 Å². The van der Waals surface area contributed by atoms with Crippen LogP contribution >= 0.6 is 11.6 Å². The van der Waals surface area contributed by atoms with Crippen molar-refractivity contribution in [2.24, 2.45) is 0 Å². The largest absolute Gasteiger partial charge is 0.494 e. The number of amides is 2. The number of nitrogens with zero attached hydrogens (tertiary/aromatic N) is 1. The van der Waals surface area contributed by atoms with Crippen molar-refractivity contribution < 1.29 is 14.3 Å². The number of ether oxygens (including phenoxy) is 1. The summed E-state index contributed by atoms with van der Waals surface area (Å²) in [6, 6.07) is 24.4. The fraction of sp³-hybridized carbons (Fsp3) is 0.355. The highest BCUT2D eigenvalue weighted by Crippen LogP contribution is 2.22. The fourth-order valence-corrected chi connectivity index (χ4v) is 4.19. The van der Waals surface area contributed by atoms with E-state index in [0.29, 0.717) is 24.5 Å². The van der Waals surface area contributed by atoms with Crippen LogP contribution in [-0.2, 0) is 22.6 Å². The van der Waals surface area contributed by atoms with Gasteiger partial charge in [0.2, 0.25) is 11.8 Å². The summed E-state index contributed by atoms with van der Waals surface area (Å²) in [5, 5.41) is 3.66. The lowest BCUT2D eigenvalue weighted by atomic mass is 10.0. The van der Waals surface area contributed by atoms with Gasteiger partial charge in [0.05, 0.1) is 6.61 Å². The Balaban J connectivity index is 1.80. The lowest BCUT2D eigenvalue weighted by Gasteiger charge is -2.32. The quantitative estimate of drug-likeness (QED) is 0.267. The smallest absolute Gasteiger partial charge is 0.243 e. The molecule has 0 aliphatic rings. The molecule has 0 aromatic heterocycles. The molecular weight excluding hydrogens is 484 g/mol. The van der Waals surface area contributed by atoms with Crippen molar-refractivity contribution in [2.45, 2.75) is 65.1 Å². The van der Waals surface area contributed by atoms with Gasteiger partial charge in [-0.1, -0.05) is 84.8 Å². The second-order valence-electron chi connectivity index (χ2n) is 9.40. The van der Waals surface area contributed by atoms with Gasteiger partial charge in [-0.05, 0) is 56.0 Å². The summed E-state index contributed by atoms with van der Waals surface area (Å²) in [6.07, 6.45) is 2.02. The summed E-state index contributed by atoms with van der Waals surface area (Å²) >= 11 is 6.47. The molecule has 37 heavy (non-hydrogen) atoms. The monoisotopic (exact) mass is 520 g/mol. The number of hydrogen-bond acceptors (Lipinski definition) is 3. The third-order valence-corrected chi connectivity index (χ3v) is 6.76. The average Bonchev–Trinajstić information content (AvgIpc) is 2.91. The molecule has 0 saturated heterocycles. The van der Waals surface area contributed by atoms with Gasteiger partial charge in [0, 0.05) is 30.5 Å². The van der Waals surface area contributed by atoms with E-state index in [1.807, 2.05) is 93.6 Å². The first-order valence-corrected chi connectivity index (χ1v) is 13.3. The van der Waals surface area contributed by atoms with Gasteiger partial charge >= 0.3 is 0 Å². The summed E-state index contributed by atoms with van der Waals surface area (Å²) in [5.41, 5.74) is 2.96. The summed E-state index contributed by atoms with van der Waals surface area (Å²) in [6.45, 7) is 6.69. The van der Waals surface area contributed by atoms with Crippen LogP contribution in [0.25, 0.3) is 0 Å². The van der Waals surface area contributed by atoms with E-state index in [4.69, 9.17) is 16.3 Å². The summed E-state index contributed by atoms with van der Waals surface area (Å²) in [7, 11) is 0. The molecule has 1 N–H and O–H groups in total. The maximum atomic E-state index is 13.7. The zero-order valence-electron chi connectivity index (χ0n) is 22.0. The van der Waals surface area contributed by atoms with Gasteiger partial charge in [0.1, 0.15) is 11.8 Å². The van der Waals surface area contributed by atoms with E-state index < -0.39 is 6.04 Å². The van der Waals surface area contributed by atoms with Crippen LogP contribution in [-0.4, -0.2) is 35.4 Å². The molecule has 0 fully saturated rings. The van der Waals surface area contributed by atoms with E-state index in [1.54, 1.807) is 11.0 Å². The molecule has 2 amide bonds. The molecule has 0 spiro atoms. The molecule has 0 bridgehead atoms. The minimum absolute atomic E-state index is 0.00551. The SMILES string of the molecule is CCC(C)NC(=O)C(Cc1ccccc1)N(Cc1ccccc1Cl)C(=O)CCCOc1ccc(C)cc1. The molecule has 0 saturated carbocycles. The third-order valence-electron chi connectivity index (χ3n) is 6.40. The Hall–Kier alpha value is -3.31.